The van der Waals surface area contributed by atoms with Gasteiger partial charge in [0.2, 0.25) is 5.95 Å². The fourth-order valence-electron chi connectivity index (χ4n) is 6.22. The number of nitrogens with one attached hydrogen (secondary N) is 2. The smallest absolute Gasteiger partial charge is 0.251 e. The Morgan fingerprint density at radius 1 is 1.20 bits per heavy atom. The molecule has 1 aromatic heterocycles. The van der Waals surface area contributed by atoms with Crippen molar-refractivity contribution in [1.82, 2.24) is 20.2 Å². The summed E-state index contributed by atoms with van der Waals surface area (Å²) in [5.74, 6) is 1.85. The Balaban J connectivity index is 1.41. The highest BCUT2D eigenvalue weighted by Gasteiger charge is 2.43. The topological polar surface area (TPSA) is 98.2 Å². The Kier molecular flexibility index (Phi) is 8.63. The molecule has 1 saturated carbocycles. The number of anilines is 4. The van der Waals surface area contributed by atoms with Crippen molar-refractivity contribution in [1.29, 1.82) is 0 Å². The van der Waals surface area contributed by atoms with E-state index in [0.717, 1.165) is 57.3 Å². The second-order valence-corrected chi connectivity index (χ2v) is 11.6. The van der Waals surface area contributed by atoms with Crippen LogP contribution in [0, 0.1) is 0 Å². The molecule has 0 radical (unpaired) electrons. The fraction of sp³-hybridized carbons (Fsp3) is 0.600. The third-order valence-electron chi connectivity index (χ3n) is 8.47. The molecule has 3 aliphatic rings. The zero-order valence-electron chi connectivity index (χ0n) is 24.9. The maximum Gasteiger partial charge on any atom is 0.251 e. The molecular weight excluding hydrogens is 523 g/mol. The summed E-state index contributed by atoms with van der Waals surface area (Å²) < 4.78 is 21.8. The van der Waals surface area contributed by atoms with E-state index < -0.39 is 5.67 Å². The molecule has 1 atom stereocenters. The van der Waals surface area contributed by atoms with Crippen LogP contribution in [0.2, 0.25) is 0 Å². The van der Waals surface area contributed by atoms with Crippen molar-refractivity contribution in [3.8, 4) is 5.75 Å². The summed E-state index contributed by atoms with van der Waals surface area (Å²) in [5, 5.41) is 6.43. The fourth-order valence-corrected chi connectivity index (χ4v) is 6.22. The average molecular weight is 567 g/mol. The van der Waals surface area contributed by atoms with Gasteiger partial charge in [-0.2, -0.15) is 4.98 Å². The largest absolute Gasteiger partial charge is 0.495 e. The average Bonchev–Trinajstić information content (AvgIpc) is 3.48. The minimum Gasteiger partial charge on any atom is -0.495 e. The molecule has 1 amide bonds. The van der Waals surface area contributed by atoms with Gasteiger partial charge in [-0.15, -0.1) is 0 Å². The molecular formula is C30H43FN8O2. The molecule has 11 heteroatoms. The van der Waals surface area contributed by atoms with Gasteiger partial charge in [0.05, 0.1) is 25.5 Å². The van der Waals surface area contributed by atoms with Gasteiger partial charge in [0.15, 0.2) is 11.5 Å². The van der Waals surface area contributed by atoms with Gasteiger partial charge in [0, 0.05) is 31.2 Å². The van der Waals surface area contributed by atoms with Crippen molar-refractivity contribution in [3.05, 3.63) is 30.0 Å². The lowest BCUT2D eigenvalue weighted by atomic mass is 10.0. The van der Waals surface area contributed by atoms with Crippen molar-refractivity contribution in [2.75, 3.05) is 62.5 Å². The second kappa shape index (κ2) is 12.2. The number of aromatic nitrogens is 2. The summed E-state index contributed by atoms with van der Waals surface area (Å²) in [6.07, 6.45) is 7.86. The third kappa shape index (κ3) is 6.24. The molecule has 10 nitrogen and oxygen atoms in total. The van der Waals surface area contributed by atoms with Crippen LogP contribution in [-0.2, 0) is 0 Å². The number of rotatable bonds is 7. The lowest BCUT2D eigenvalue weighted by Crippen LogP contribution is -2.49. The summed E-state index contributed by atoms with van der Waals surface area (Å²) >= 11 is 0. The van der Waals surface area contributed by atoms with Crippen molar-refractivity contribution in [3.63, 3.8) is 0 Å². The summed E-state index contributed by atoms with van der Waals surface area (Å²) in [5.41, 5.74) is 0.257. The van der Waals surface area contributed by atoms with Crippen molar-refractivity contribution in [2.24, 2.45) is 4.99 Å². The second-order valence-electron chi connectivity index (χ2n) is 11.6. The first kappa shape index (κ1) is 29.0. The summed E-state index contributed by atoms with van der Waals surface area (Å²) in [7, 11) is 5.51. The van der Waals surface area contributed by atoms with Gasteiger partial charge in [-0.1, -0.05) is 12.8 Å². The molecule has 2 aromatic rings. The predicted octanol–water partition coefficient (Wildman–Crippen LogP) is 4.40. The van der Waals surface area contributed by atoms with E-state index in [-0.39, 0.29) is 24.5 Å². The highest BCUT2D eigenvalue weighted by molar-refractivity contribution is 6.06. The van der Waals surface area contributed by atoms with Gasteiger partial charge in [0.25, 0.3) is 5.91 Å². The van der Waals surface area contributed by atoms with Crippen LogP contribution in [0.15, 0.2) is 29.4 Å². The number of fused-ring (bicyclic) bond motifs is 1. The number of methoxy groups -OCH3 is 1. The Labute approximate surface area is 242 Å². The molecule has 1 unspecified atom stereocenters. The molecule has 2 N–H and O–H groups in total. The predicted molar refractivity (Wildman–Crippen MR) is 162 cm³/mol. The van der Waals surface area contributed by atoms with Crippen molar-refractivity contribution < 1.29 is 13.9 Å². The molecule has 1 aliphatic carbocycles. The van der Waals surface area contributed by atoms with E-state index in [2.05, 4.69) is 37.5 Å². The van der Waals surface area contributed by atoms with Gasteiger partial charge in [-0.25, -0.2) is 9.37 Å². The molecule has 5 rings (SSSR count). The zero-order valence-corrected chi connectivity index (χ0v) is 24.9. The van der Waals surface area contributed by atoms with Gasteiger partial charge in [0.1, 0.15) is 17.3 Å². The van der Waals surface area contributed by atoms with Gasteiger partial charge >= 0.3 is 0 Å². The highest BCUT2D eigenvalue weighted by Crippen LogP contribution is 2.40. The quantitative estimate of drug-likeness (QED) is 0.509. The number of alkyl halides is 1. The van der Waals surface area contributed by atoms with Crippen molar-refractivity contribution >= 4 is 34.9 Å². The first-order chi connectivity index (χ1) is 19.7. The van der Waals surface area contributed by atoms with E-state index >= 15 is 4.39 Å². The van der Waals surface area contributed by atoms with E-state index in [1.54, 1.807) is 37.3 Å². The van der Waals surface area contributed by atoms with E-state index in [4.69, 9.17) is 9.72 Å². The van der Waals surface area contributed by atoms with E-state index in [1.807, 2.05) is 20.0 Å². The van der Waals surface area contributed by atoms with E-state index in [0.29, 0.717) is 41.1 Å². The van der Waals surface area contributed by atoms with E-state index in [9.17, 15) is 4.79 Å². The third-order valence-corrected chi connectivity index (χ3v) is 8.47. The van der Waals surface area contributed by atoms with Crippen LogP contribution in [0.25, 0.3) is 0 Å². The maximum atomic E-state index is 16.2. The van der Waals surface area contributed by atoms with Crippen LogP contribution in [0.3, 0.4) is 0 Å². The van der Waals surface area contributed by atoms with Crippen LogP contribution in [-0.4, -0.2) is 91.7 Å². The van der Waals surface area contributed by atoms with Crippen LogP contribution in [0.5, 0.6) is 5.75 Å². The number of aliphatic imine (C=N–C) groups is 1. The number of benzene rings is 1. The normalized spacial score (nSPS) is 23.4. The number of amidine groups is 1. The molecule has 1 saturated heterocycles. The lowest BCUT2D eigenvalue weighted by Gasteiger charge is -2.33. The minimum absolute atomic E-state index is 0.111. The number of hydrogen-bond donors (Lipinski definition) is 2. The van der Waals surface area contributed by atoms with Gasteiger partial charge in [-0.05, 0) is 77.9 Å². The zero-order chi connectivity index (χ0) is 29.1. The minimum atomic E-state index is -1.64. The van der Waals surface area contributed by atoms with Gasteiger partial charge in [-0.3, -0.25) is 9.79 Å². The molecule has 2 aliphatic heterocycles. The number of carbonyl (C=O) groups is 1. The Morgan fingerprint density at radius 3 is 2.61 bits per heavy atom. The lowest BCUT2D eigenvalue weighted by molar-refractivity contribution is 0.0916. The Hall–Kier alpha value is -3.47. The Morgan fingerprint density at radius 2 is 1.93 bits per heavy atom. The monoisotopic (exact) mass is 566 g/mol. The molecule has 222 valence electrons. The SMILES string of the molecule is CC/N=C1/N(C)c2cnc(Nc3ccc(C(=O)NC4CCN(C)CC4)cc3OC)nc2N(C2CCCC2)CC1(C)F. The van der Waals surface area contributed by atoms with Crippen LogP contribution >= 0.6 is 0 Å². The summed E-state index contributed by atoms with van der Waals surface area (Å²) in [6, 6.07) is 5.70. The number of amides is 1. The van der Waals surface area contributed by atoms with Crippen LogP contribution in [0.4, 0.5) is 27.5 Å². The Bertz CT molecular complexity index is 1270. The van der Waals surface area contributed by atoms with Crippen LogP contribution in [0.1, 0.15) is 62.7 Å². The number of halogens is 1. The number of carbonyl (C=O) groups excluding carboxylic acids is 1. The molecule has 0 spiro atoms. The summed E-state index contributed by atoms with van der Waals surface area (Å²) in [6.45, 7) is 6.14. The van der Waals surface area contributed by atoms with Gasteiger partial charge < -0.3 is 30.1 Å². The number of hydrogen-bond acceptors (Lipinski definition) is 8. The first-order valence-electron chi connectivity index (χ1n) is 14.8. The molecule has 2 fully saturated rings. The standard InChI is InChI=1S/C30H43FN8O2/c1-6-32-28-30(2,31)19-39(22-9-7-8-10-22)26-24(38(28)4)18-33-29(36-26)35-23-12-11-20(17-25(23)41-5)27(40)34-21-13-15-37(3)16-14-21/h11-12,17-18,21-22H,6-10,13-16,19H2,1-5H3,(H,34,40)(H,33,35,36)/b32-28+. The highest BCUT2D eigenvalue weighted by atomic mass is 19.1. The maximum absolute atomic E-state index is 16.2. The number of ether oxygens (including phenoxy) is 1. The number of piperidine rings is 1. The van der Waals surface area contributed by atoms with E-state index in [1.165, 1.54) is 0 Å². The summed E-state index contributed by atoms with van der Waals surface area (Å²) in [4.78, 5) is 33.2. The van der Waals surface area contributed by atoms with Crippen LogP contribution < -0.4 is 25.2 Å². The van der Waals surface area contributed by atoms with Crippen molar-refractivity contribution in [2.45, 2.75) is 70.1 Å². The number of nitrogens with zero attached hydrogens (tertiary/aromatic N) is 6. The molecule has 3 heterocycles. The molecule has 41 heavy (non-hydrogen) atoms. The number of likely N-dealkylation sites (tertiary alicyclic amines) is 1. The first-order valence-corrected chi connectivity index (χ1v) is 14.8. The molecule has 1 aromatic carbocycles. The molecule has 0 bridgehead atoms.